The highest BCUT2D eigenvalue weighted by molar-refractivity contribution is 6.75. The van der Waals surface area contributed by atoms with Crippen LogP contribution in [0.4, 0.5) is 0 Å². The lowest BCUT2D eigenvalue weighted by atomic mass is 11.0. The van der Waals surface area contributed by atoms with Gasteiger partial charge in [0.15, 0.2) is 0 Å². The summed E-state index contributed by atoms with van der Waals surface area (Å²) in [5, 5.41) is 0. The number of hydrogen-bond donors (Lipinski definition) is 0. The second kappa shape index (κ2) is 3.08. The molecule has 1 aliphatic heterocycles. The zero-order chi connectivity index (χ0) is 6.74. The maximum absolute atomic E-state index is 5.48. The van der Waals surface area contributed by atoms with E-state index in [1.807, 2.05) is 0 Å². The fraction of sp³-hybridized carbons (Fsp3) is 1.00. The number of hydrogen-bond acceptors (Lipinski definition) is 3. The lowest BCUT2D eigenvalue weighted by Crippen LogP contribution is -2.46. The molecule has 1 fully saturated rings. The Morgan fingerprint density at radius 1 is 1.33 bits per heavy atom. The third-order valence-corrected chi connectivity index (χ3v) is 9.98. The van der Waals surface area contributed by atoms with Crippen LogP contribution in [-0.2, 0) is 12.3 Å². The molecule has 0 aromatic carbocycles. The van der Waals surface area contributed by atoms with Gasteiger partial charge in [-0.1, -0.05) is 6.92 Å². The van der Waals surface area contributed by atoms with Crippen LogP contribution in [0.3, 0.4) is 0 Å². The van der Waals surface area contributed by atoms with Gasteiger partial charge in [0, 0.05) is 0 Å². The van der Waals surface area contributed by atoms with Gasteiger partial charge in [0.25, 0.3) is 20.0 Å². The van der Waals surface area contributed by atoms with Gasteiger partial charge in [-0.2, -0.15) is 0 Å². The van der Waals surface area contributed by atoms with Crippen molar-refractivity contribution < 1.29 is 12.3 Å². The van der Waals surface area contributed by atoms with Gasteiger partial charge in [-0.25, -0.2) is 0 Å². The average Bonchev–Trinajstić information content (AvgIpc) is 1.90. The van der Waals surface area contributed by atoms with Crippen LogP contribution in [0.2, 0.25) is 12.6 Å². The van der Waals surface area contributed by atoms with E-state index >= 15 is 0 Å². The fourth-order valence-corrected chi connectivity index (χ4v) is 7.76. The van der Waals surface area contributed by atoms with Crippen LogP contribution in [0.5, 0.6) is 0 Å². The van der Waals surface area contributed by atoms with Crippen molar-refractivity contribution in [1.29, 1.82) is 0 Å². The van der Waals surface area contributed by atoms with Crippen LogP contribution >= 0.6 is 0 Å². The second-order valence-electron chi connectivity index (χ2n) is 2.22. The third kappa shape index (κ3) is 1.99. The van der Waals surface area contributed by atoms with Crippen LogP contribution in [-0.4, -0.2) is 28.6 Å². The van der Waals surface area contributed by atoms with Gasteiger partial charge in [-0.3, -0.25) is 0 Å². The molecule has 0 unspecified atom stereocenters. The summed E-state index contributed by atoms with van der Waals surface area (Å²) in [7, 11) is -2.83. The Kier molecular flexibility index (Phi) is 2.61. The van der Waals surface area contributed by atoms with Gasteiger partial charge >= 0.3 is 8.56 Å². The standard InChI is InChI=1S/C3H12O3Si3/c1-3-9(2)5-7-4-8-6-9/h3,7-8H2,1-2H3. The maximum Gasteiger partial charge on any atom is 0.316 e. The zero-order valence-electron chi connectivity index (χ0n) is 5.85. The molecule has 6 heteroatoms. The van der Waals surface area contributed by atoms with E-state index in [0.29, 0.717) is 0 Å². The summed E-state index contributed by atoms with van der Waals surface area (Å²) < 4.78 is 16.1. The van der Waals surface area contributed by atoms with E-state index in [4.69, 9.17) is 12.3 Å². The summed E-state index contributed by atoms with van der Waals surface area (Å²) in [4.78, 5) is 0. The summed E-state index contributed by atoms with van der Waals surface area (Å²) in [6, 6.07) is 1.07. The van der Waals surface area contributed by atoms with Crippen molar-refractivity contribution in [3.05, 3.63) is 0 Å². The molecular weight excluding hydrogens is 168 g/mol. The third-order valence-electron chi connectivity index (χ3n) is 1.54. The van der Waals surface area contributed by atoms with E-state index in [0.717, 1.165) is 6.04 Å². The molecule has 0 bridgehead atoms. The maximum atomic E-state index is 5.48. The van der Waals surface area contributed by atoms with Gasteiger partial charge in [0.1, 0.15) is 0 Å². The first kappa shape index (κ1) is 7.64. The molecule has 1 saturated heterocycles. The van der Waals surface area contributed by atoms with Crippen LogP contribution < -0.4 is 0 Å². The molecular formula is C3H12O3Si3. The molecule has 0 atom stereocenters. The molecule has 0 saturated carbocycles. The highest BCUT2D eigenvalue weighted by Crippen LogP contribution is 2.13. The molecule has 0 spiro atoms. The summed E-state index contributed by atoms with van der Waals surface area (Å²) in [6.45, 7) is 4.25. The highest BCUT2D eigenvalue weighted by atomic mass is 28.5. The molecule has 1 heterocycles. The normalized spacial score (nSPS) is 42.0. The molecule has 0 radical (unpaired) electrons. The summed E-state index contributed by atoms with van der Waals surface area (Å²) in [5.41, 5.74) is 0. The Labute approximate surface area is 61.1 Å². The minimum absolute atomic E-state index is 0.608. The van der Waals surface area contributed by atoms with E-state index in [9.17, 15) is 0 Å². The Morgan fingerprint density at radius 3 is 2.22 bits per heavy atom. The predicted octanol–water partition coefficient (Wildman–Crippen LogP) is -0.861. The summed E-state index contributed by atoms with van der Waals surface area (Å²) in [5.74, 6) is 0. The molecule has 1 aliphatic rings. The molecule has 3 nitrogen and oxygen atoms in total. The Morgan fingerprint density at radius 2 is 1.89 bits per heavy atom. The first-order valence-electron chi connectivity index (χ1n) is 3.12. The molecule has 1 rings (SSSR count). The summed E-state index contributed by atoms with van der Waals surface area (Å²) >= 11 is 0. The first-order valence-corrected chi connectivity index (χ1v) is 7.96. The lowest BCUT2D eigenvalue weighted by Gasteiger charge is -2.30. The highest BCUT2D eigenvalue weighted by Gasteiger charge is 2.31. The monoisotopic (exact) mass is 180 g/mol. The average molecular weight is 180 g/mol. The number of rotatable bonds is 1. The predicted molar refractivity (Wildman–Crippen MR) is 42.4 cm³/mol. The van der Waals surface area contributed by atoms with Gasteiger partial charge < -0.3 is 12.3 Å². The van der Waals surface area contributed by atoms with Crippen molar-refractivity contribution in [3.8, 4) is 0 Å². The molecule has 0 amide bonds. The quantitative estimate of drug-likeness (QED) is 0.492. The largest absolute Gasteiger partial charge is 0.425 e. The minimum Gasteiger partial charge on any atom is -0.425 e. The summed E-state index contributed by atoms with van der Waals surface area (Å²) in [6.07, 6.45) is 0. The van der Waals surface area contributed by atoms with Gasteiger partial charge in [-0.15, -0.1) is 0 Å². The molecule has 0 aromatic rings. The van der Waals surface area contributed by atoms with Crippen molar-refractivity contribution in [1.82, 2.24) is 0 Å². The van der Waals surface area contributed by atoms with Crippen molar-refractivity contribution in [3.63, 3.8) is 0 Å². The van der Waals surface area contributed by atoms with Crippen LogP contribution in [0.25, 0.3) is 0 Å². The van der Waals surface area contributed by atoms with E-state index in [1.54, 1.807) is 0 Å². The molecule has 0 aliphatic carbocycles. The van der Waals surface area contributed by atoms with Crippen molar-refractivity contribution in [2.75, 3.05) is 0 Å². The van der Waals surface area contributed by atoms with E-state index in [-0.39, 0.29) is 0 Å². The molecule has 0 aromatic heterocycles. The van der Waals surface area contributed by atoms with Crippen LogP contribution in [0, 0.1) is 0 Å². The van der Waals surface area contributed by atoms with Gasteiger partial charge in [-0.05, 0) is 12.6 Å². The molecule has 0 N–H and O–H groups in total. The Balaban J connectivity index is 2.37. The van der Waals surface area contributed by atoms with Gasteiger partial charge in [0.05, 0.1) is 0 Å². The smallest absolute Gasteiger partial charge is 0.316 e. The minimum atomic E-state index is -1.61. The molecule has 9 heavy (non-hydrogen) atoms. The van der Waals surface area contributed by atoms with Crippen LogP contribution in [0.1, 0.15) is 6.92 Å². The SMILES string of the molecule is CC[Si]1(C)O[SiH2]O[SiH2]O1. The van der Waals surface area contributed by atoms with E-state index in [1.165, 1.54) is 0 Å². The van der Waals surface area contributed by atoms with Crippen LogP contribution in [0.15, 0.2) is 0 Å². The topological polar surface area (TPSA) is 27.7 Å². The van der Waals surface area contributed by atoms with Gasteiger partial charge in [0.2, 0.25) is 0 Å². The van der Waals surface area contributed by atoms with Crippen molar-refractivity contribution in [2.45, 2.75) is 19.5 Å². The molecule has 54 valence electrons. The lowest BCUT2D eigenvalue weighted by molar-refractivity contribution is 0.301. The van der Waals surface area contributed by atoms with Crippen molar-refractivity contribution in [2.24, 2.45) is 0 Å². The Bertz CT molecular complexity index is 92.3. The zero-order valence-corrected chi connectivity index (χ0v) is 9.67. The van der Waals surface area contributed by atoms with Crippen molar-refractivity contribution >= 4 is 28.6 Å². The Hall–Kier alpha value is 0.531. The second-order valence-corrected chi connectivity index (χ2v) is 9.60. The first-order chi connectivity index (χ1) is 4.27. The fourth-order valence-electron chi connectivity index (χ4n) is 0.612. The van der Waals surface area contributed by atoms with E-state index < -0.39 is 28.6 Å². The van der Waals surface area contributed by atoms with E-state index in [2.05, 4.69) is 13.5 Å².